The van der Waals surface area contributed by atoms with Crippen LogP contribution in [0.5, 0.6) is 0 Å². The Morgan fingerprint density at radius 2 is 1.74 bits per heavy atom. The predicted octanol–water partition coefficient (Wildman–Crippen LogP) is 3.83. The van der Waals surface area contributed by atoms with E-state index in [0.29, 0.717) is 17.1 Å². The normalized spacial score (nSPS) is 10.6. The number of allylic oxidation sites excluding steroid dienone is 1. The number of rotatable bonds is 5. The molecule has 2 aromatic carbocycles. The summed E-state index contributed by atoms with van der Waals surface area (Å²) in [5, 5.41) is 3.71. The van der Waals surface area contributed by atoms with E-state index < -0.39 is 0 Å². The van der Waals surface area contributed by atoms with Crippen molar-refractivity contribution >= 4 is 17.4 Å². The second kappa shape index (κ2) is 6.76. The minimum atomic E-state index is -0.0442. The summed E-state index contributed by atoms with van der Waals surface area (Å²) >= 11 is 5.77. The molecule has 0 spiro atoms. The second-order valence-corrected chi connectivity index (χ2v) is 4.51. The number of carbonyl (C=O) groups is 1. The van der Waals surface area contributed by atoms with Gasteiger partial charge in [-0.2, -0.15) is 0 Å². The highest BCUT2D eigenvalue weighted by Gasteiger charge is 2.00. The first kappa shape index (κ1) is 13.4. The molecular weight excluding hydrogens is 258 g/mol. The van der Waals surface area contributed by atoms with E-state index in [9.17, 15) is 4.79 Å². The van der Waals surface area contributed by atoms with Crippen molar-refractivity contribution in [3.8, 4) is 0 Å². The Bertz CT molecular complexity index is 561. The molecule has 3 heteroatoms. The Morgan fingerprint density at radius 3 is 2.42 bits per heavy atom. The van der Waals surface area contributed by atoms with Crippen LogP contribution in [0.4, 0.5) is 0 Å². The van der Waals surface area contributed by atoms with Crippen molar-refractivity contribution in [3.05, 3.63) is 83.0 Å². The summed E-state index contributed by atoms with van der Waals surface area (Å²) < 4.78 is 0. The summed E-state index contributed by atoms with van der Waals surface area (Å²) in [5.41, 5.74) is 1.80. The largest absolute Gasteiger partial charge is 0.387 e. The molecule has 2 rings (SSSR count). The van der Waals surface area contributed by atoms with Gasteiger partial charge < -0.3 is 5.32 Å². The topological polar surface area (TPSA) is 29.1 Å². The van der Waals surface area contributed by atoms with E-state index in [2.05, 4.69) is 5.32 Å². The standard InChI is InChI=1S/C16H14ClNO/c17-15-8-6-14(7-9-15)16(19)10-11-18-12-13-4-2-1-3-5-13/h1-11,18H,12H2/b11-10-. The first-order chi connectivity index (χ1) is 9.25. The average Bonchev–Trinajstić information content (AvgIpc) is 2.45. The lowest BCUT2D eigenvalue weighted by Gasteiger charge is -2.00. The molecule has 0 saturated carbocycles. The number of hydrogen-bond acceptors (Lipinski definition) is 2. The van der Waals surface area contributed by atoms with Crippen molar-refractivity contribution in [2.75, 3.05) is 0 Å². The molecule has 0 aliphatic heterocycles. The molecule has 2 nitrogen and oxygen atoms in total. The number of ketones is 1. The van der Waals surface area contributed by atoms with Gasteiger partial charge in [-0.25, -0.2) is 0 Å². The highest BCUT2D eigenvalue weighted by atomic mass is 35.5. The lowest BCUT2D eigenvalue weighted by atomic mass is 10.1. The highest BCUT2D eigenvalue weighted by Crippen LogP contribution is 2.10. The van der Waals surface area contributed by atoms with E-state index in [0.717, 1.165) is 0 Å². The van der Waals surface area contributed by atoms with Crippen LogP contribution in [0.25, 0.3) is 0 Å². The maximum absolute atomic E-state index is 11.8. The Hall–Kier alpha value is -2.06. The zero-order valence-corrected chi connectivity index (χ0v) is 11.1. The summed E-state index contributed by atoms with van der Waals surface area (Å²) in [5.74, 6) is -0.0442. The molecule has 0 amide bonds. The van der Waals surface area contributed by atoms with Crippen LogP contribution < -0.4 is 5.32 Å². The minimum Gasteiger partial charge on any atom is -0.387 e. The monoisotopic (exact) mass is 271 g/mol. The Balaban J connectivity index is 1.85. The fourth-order valence-corrected chi connectivity index (χ4v) is 1.74. The first-order valence-corrected chi connectivity index (χ1v) is 6.37. The number of benzene rings is 2. The van der Waals surface area contributed by atoms with Gasteiger partial charge in [-0.15, -0.1) is 0 Å². The number of carbonyl (C=O) groups excluding carboxylic acids is 1. The SMILES string of the molecule is O=C(/C=C\NCc1ccccc1)c1ccc(Cl)cc1. The molecule has 0 aliphatic rings. The molecule has 0 fully saturated rings. The van der Waals surface area contributed by atoms with Crippen LogP contribution in [0.2, 0.25) is 5.02 Å². The summed E-state index contributed by atoms with van der Waals surface area (Å²) in [6.45, 7) is 0.700. The van der Waals surface area contributed by atoms with E-state index in [1.54, 1.807) is 30.5 Å². The predicted molar refractivity (Wildman–Crippen MR) is 78.2 cm³/mol. The van der Waals surface area contributed by atoms with E-state index >= 15 is 0 Å². The zero-order valence-electron chi connectivity index (χ0n) is 10.3. The number of nitrogens with one attached hydrogen (secondary N) is 1. The lowest BCUT2D eigenvalue weighted by molar-refractivity contribution is 0.104. The first-order valence-electron chi connectivity index (χ1n) is 5.99. The molecule has 0 aliphatic carbocycles. The Labute approximate surface area is 117 Å². The summed E-state index contributed by atoms with van der Waals surface area (Å²) in [6.07, 6.45) is 3.19. The van der Waals surface area contributed by atoms with Crippen LogP contribution in [0.1, 0.15) is 15.9 Å². The molecule has 0 aromatic heterocycles. The van der Waals surface area contributed by atoms with Crippen molar-refractivity contribution in [1.82, 2.24) is 5.32 Å². The van der Waals surface area contributed by atoms with Crippen molar-refractivity contribution in [2.24, 2.45) is 0 Å². The van der Waals surface area contributed by atoms with Gasteiger partial charge in [0.2, 0.25) is 0 Å². The van der Waals surface area contributed by atoms with Crippen LogP contribution in [-0.2, 0) is 6.54 Å². The molecule has 0 saturated heterocycles. The molecule has 0 unspecified atom stereocenters. The fourth-order valence-electron chi connectivity index (χ4n) is 1.62. The van der Waals surface area contributed by atoms with Gasteiger partial charge in [0.1, 0.15) is 0 Å². The Morgan fingerprint density at radius 1 is 1.05 bits per heavy atom. The fraction of sp³-hybridized carbons (Fsp3) is 0.0625. The van der Waals surface area contributed by atoms with Crippen molar-refractivity contribution < 1.29 is 4.79 Å². The van der Waals surface area contributed by atoms with Gasteiger partial charge in [-0.3, -0.25) is 4.79 Å². The molecule has 96 valence electrons. The third kappa shape index (κ3) is 4.27. The maximum atomic E-state index is 11.8. The van der Waals surface area contributed by atoms with E-state index in [1.807, 2.05) is 30.3 Å². The third-order valence-electron chi connectivity index (χ3n) is 2.63. The number of halogens is 1. The summed E-state index contributed by atoms with van der Waals surface area (Å²) in [4.78, 5) is 11.8. The minimum absolute atomic E-state index is 0.0442. The van der Waals surface area contributed by atoms with Crippen molar-refractivity contribution in [1.29, 1.82) is 0 Å². The van der Waals surface area contributed by atoms with E-state index in [-0.39, 0.29) is 5.78 Å². The van der Waals surface area contributed by atoms with Crippen LogP contribution in [0.3, 0.4) is 0 Å². The lowest BCUT2D eigenvalue weighted by Crippen LogP contribution is -2.05. The smallest absolute Gasteiger partial charge is 0.187 e. The third-order valence-corrected chi connectivity index (χ3v) is 2.88. The summed E-state index contributed by atoms with van der Waals surface area (Å²) in [6, 6.07) is 16.9. The van der Waals surface area contributed by atoms with E-state index in [4.69, 9.17) is 11.6 Å². The molecule has 0 atom stereocenters. The van der Waals surface area contributed by atoms with Crippen LogP contribution in [0.15, 0.2) is 66.9 Å². The van der Waals surface area contributed by atoms with Gasteiger partial charge in [-0.05, 0) is 29.8 Å². The van der Waals surface area contributed by atoms with Gasteiger partial charge in [0, 0.05) is 29.4 Å². The molecule has 1 N–H and O–H groups in total. The molecule has 0 bridgehead atoms. The zero-order chi connectivity index (χ0) is 13.5. The van der Waals surface area contributed by atoms with Crippen molar-refractivity contribution in [2.45, 2.75) is 6.54 Å². The quantitative estimate of drug-likeness (QED) is 0.661. The van der Waals surface area contributed by atoms with Gasteiger partial charge in [0.05, 0.1) is 0 Å². The maximum Gasteiger partial charge on any atom is 0.187 e. The summed E-state index contributed by atoms with van der Waals surface area (Å²) in [7, 11) is 0. The molecule has 19 heavy (non-hydrogen) atoms. The molecule has 0 heterocycles. The van der Waals surface area contributed by atoms with Crippen molar-refractivity contribution in [3.63, 3.8) is 0 Å². The molecular formula is C16H14ClNO. The second-order valence-electron chi connectivity index (χ2n) is 4.07. The molecule has 2 aromatic rings. The van der Waals surface area contributed by atoms with Crippen LogP contribution >= 0.6 is 11.6 Å². The molecule has 0 radical (unpaired) electrons. The Kier molecular flexibility index (Phi) is 4.76. The average molecular weight is 272 g/mol. The van der Waals surface area contributed by atoms with Gasteiger partial charge >= 0.3 is 0 Å². The van der Waals surface area contributed by atoms with Gasteiger partial charge in [-0.1, -0.05) is 41.9 Å². The van der Waals surface area contributed by atoms with E-state index in [1.165, 1.54) is 11.6 Å². The van der Waals surface area contributed by atoms with Gasteiger partial charge in [0.25, 0.3) is 0 Å². The number of hydrogen-bond donors (Lipinski definition) is 1. The van der Waals surface area contributed by atoms with Crippen LogP contribution in [-0.4, -0.2) is 5.78 Å². The highest BCUT2D eigenvalue weighted by molar-refractivity contribution is 6.30. The van der Waals surface area contributed by atoms with Gasteiger partial charge in [0.15, 0.2) is 5.78 Å². The van der Waals surface area contributed by atoms with Crippen LogP contribution in [0, 0.1) is 0 Å².